The van der Waals surface area contributed by atoms with Gasteiger partial charge in [-0.15, -0.1) is 0 Å². The zero-order chi connectivity index (χ0) is 25.2. The fraction of sp³-hybridized carbons (Fsp3) is 0.208. The summed E-state index contributed by atoms with van der Waals surface area (Å²) >= 11 is 0. The number of anilines is 2. The summed E-state index contributed by atoms with van der Waals surface area (Å²) in [4.78, 5) is 47.7. The minimum absolute atomic E-state index is 0.0221. The topological polar surface area (TPSA) is 138 Å². The van der Waals surface area contributed by atoms with Crippen LogP contribution in [0, 0.1) is 5.92 Å². The molecule has 0 bridgehead atoms. The molecule has 4 rings (SSSR count). The van der Waals surface area contributed by atoms with Crippen LogP contribution in [-0.2, 0) is 14.8 Å². The maximum Gasteiger partial charge on any atom is 0.264 e. The summed E-state index contributed by atoms with van der Waals surface area (Å²) in [6.45, 7) is 3.78. The van der Waals surface area contributed by atoms with Crippen molar-refractivity contribution in [1.29, 1.82) is 0 Å². The Morgan fingerprint density at radius 3 is 2.03 bits per heavy atom. The normalized spacial score (nSPS) is 14.1. The Bertz CT molecular complexity index is 1340. The monoisotopic (exact) mass is 493 g/mol. The third-order valence-corrected chi connectivity index (χ3v) is 6.70. The number of hydrogen-bond acceptors (Lipinski definition) is 7. The SMILES string of the molecule is CC(C)C[C@@H](C(=O)Nc1ccc(S(=O)(=O)Nc2ncccn2)cc1)N1C(=O)c2ccccc2C1=O. The molecular weight excluding hydrogens is 470 g/mol. The maximum atomic E-state index is 13.2. The zero-order valence-electron chi connectivity index (χ0n) is 19.0. The van der Waals surface area contributed by atoms with Crippen molar-refractivity contribution >= 4 is 39.4 Å². The highest BCUT2D eigenvalue weighted by atomic mass is 32.2. The van der Waals surface area contributed by atoms with Crippen molar-refractivity contribution in [3.05, 3.63) is 78.1 Å². The molecule has 11 heteroatoms. The fourth-order valence-corrected chi connectivity index (χ4v) is 4.70. The number of imide groups is 1. The molecule has 10 nitrogen and oxygen atoms in total. The molecule has 180 valence electrons. The average molecular weight is 494 g/mol. The molecule has 1 aliphatic heterocycles. The van der Waals surface area contributed by atoms with Gasteiger partial charge in [-0.05, 0) is 54.8 Å². The fourth-order valence-electron chi connectivity index (χ4n) is 3.74. The number of sulfonamides is 1. The number of aromatic nitrogens is 2. The van der Waals surface area contributed by atoms with Crippen molar-refractivity contribution in [3.8, 4) is 0 Å². The molecule has 2 aromatic carbocycles. The Hall–Kier alpha value is -4.12. The van der Waals surface area contributed by atoms with Crippen molar-refractivity contribution in [2.24, 2.45) is 5.92 Å². The first-order valence-corrected chi connectivity index (χ1v) is 12.3. The van der Waals surface area contributed by atoms with E-state index in [4.69, 9.17) is 0 Å². The molecule has 1 aliphatic rings. The van der Waals surface area contributed by atoms with Crippen molar-refractivity contribution in [3.63, 3.8) is 0 Å². The smallest absolute Gasteiger partial charge is 0.264 e. The molecule has 2 N–H and O–H groups in total. The zero-order valence-corrected chi connectivity index (χ0v) is 19.8. The third kappa shape index (κ3) is 5.04. The van der Waals surface area contributed by atoms with Gasteiger partial charge in [-0.3, -0.25) is 19.3 Å². The summed E-state index contributed by atoms with van der Waals surface area (Å²) in [5.74, 6) is -1.61. The Balaban J connectivity index is 1.52. The molecular formula is C24H23N5O5S. The van der Waals surface area contributed by atoms with Crippen LogP contribution in [0.25, 0.3) is 0 Å². The van der Waals surface area contributed by atoms with Gasteiger partial charge in [0.05, 0.1) is 16.0 Å². The molecule has 0 saturated carbocycles. The van der Waals surface area contributed by atoms with Gasteiger partial charge in [0.2, 0.25) is 11.9 Å². The van der Waals surface area contributed by atoms with Crippen LogP contribution in [0.2, 0.25) is 0 Å². The van der Waals surface area contributed by atoms with E-state index in [1.54, 1.807) is 30.3 Å². The number of rotatable bonds is 8. The van der Waals surface area contributed by atoms with Crippen LogP contribution in [0.5, 0.6) is 0 Å². The Labute approximate surface area is 202 Å². The number of benzene rings is 2. The lowest BCUT2D eigenvalue weighted by Crippen LogP contribution is -2.47. The second kappa shape index (κ2) is 9.63. The molecule has 0 radical (unpaired) electrons. The maximum absolute atomic E-state index is 13.2. The Kier molecular flexibility index (Phi) is 6.61. The van der Waals surface area contributed by atoms with Gasteiger partial charge in [0.1, 0.15) is 6.04 Å². The van der Waals surface area contributed by atoms with Gasteiger partial charge in [0, 0.05) is 18.1 Å². The largest absolute Gasteiger partial charge is 0.324 e. The van der Waals surface area contributed by atoms with Gasteiger partial charge in [0.15, 0.2) is 0 Å². The van der Waals surface area contributed by atoms with E-state index in [2.05, 4.69) is 20.0 Å². The first kappa shape index (κ1) is 24.0. The van der Waals surface area contributed by atoms with E-state index in [0.29, 0.717) is 5.69 Å². The lowest BCUT2D eigenvalue weighted by atomic mass is 10.0. The van der Waals surface area contributed by atoms with Gasteiger partial charge in [-0.25, -0.2) is 23.1 Å². The van der Waals surface area contributed by atoms with Crippen LogP contribution in [0.4, 0.5) is 11.6 Å². The first-order valence-electron chi connectivity index (χ1n) is 10.8. The van der Waals surface area contributed by atoms with Gasteiger partial charge in [-0.1, -0.05) is 26.0 Å². The van der Waals surface area contributed by atoms with E-state index < -0.39 is 33.8 Å². The molecule has 35 heavy (non-hydrogen) atoms. The second-order valence-electron chi connectivity index (χ2n) is 8.36. The van der Waals surface area contributed by atoms with Crippen molar-refractivity contribution in [2.45, 2.75) is 31.2 Å². The van der Waals surface area contributed by atoms with Crippen LogP contribution in [-0.4, -0.2) is 47.0 Å². The Morgan fingerprint density at radius 2 is 1.49 bits per heavy atom. The van der Waals surface area contributed by atoms with Gasteiger partial charge in [0.25, 0.3) is 21.8 Å². The minimum atomic E-state index is -3.93. The third-order valence-electron chi connectivity index (χ3n) is 5.36. The van der Waals surface area contributed by atoms with Crippen LogP contribution >= 0.6 is 0 Å². The summed E-state index contributed by atoms with van der Waals surface area (Å²) in [7, 11) is -3.93. The number of nitrogens with zero attached hydrogens (tertiary/aromatic N) is 3. The summed E-state index contributed by atoms with van der Waals surface area (Å²) in [5.41, 5.74) is 0.849. The van der Waals surface area contributed by atoms with E-state index in [9.17, 15) is 22.8 Å². The molecule has 0 fully saturated rings. The standard InChI is InChI=1S/C24H23N5O5S/c1-15(2)14-20(29-22(31)18-6-3-4-7-19(18)23(29)32)21(30)27-16-8-10-17(11-9-16)35(33,34)28-24-25-12-5-13-26-24/h3-13,15,20H,14H2,1-2H3,(H,27,30)(H,25,26,28)/t20-/m0/s1. The number of amides is 3. The number of carbonyl (C=O) groups is 3. The van der Waals surface area contributed by atoms with Crippen molar-refractivity contribution in [1.82, 2.24) is 14.9 Å². The lowest BCUT2D eigenvalue weighted by molar-refractivity contribution is -0.120. The summed E-state index contributed by atoms with van der Waals surface area (Å²) in [6, 6.07) is 12.5. The summed E-state index contributed by atoms with van der Waals surface area (Å²) in [5, 5.41) is 2.70. The van der Waals surface area contributed by atoms with E-state index in [-0.39, 0.29) is 34.3 Å². The molecule has 2 heterocycles. The number of carbonyl (C=O) groups excluding carboxylic acids is 3. The van der Waals surface area contributed by atoms with E-state index >= 15 is 0 Å². The predicted molar refractivity (Wildman–Crippen MR) is 128 cm³/mol. The lowest BCUT2D eigenvalue weighted by Gasteiger charge is -2.26. The summed E-state index contributed by atoms with van der Waals surface area (Å²) in [6.07, 6.45) is 3.08. The van der Waals surface area contributed by atoms with Crippen molar-refractivity contribution < 1.29 is 22.8 Å². The van der Waals surface area contributed by atoms with E-state index in [1.165, 1.54) is 36.7 Å². The first-order chi connectivity index (χ1) is 16.7. The van der Waals surface area contributed by atoms with Crippen LogP contribution in [0.1, 0.15) is 41.0 Å². The van der Waals surface area contributed by atoms with E-state index in [0.717, 1.165) is 4.90 Å². The Morgan fingerprint density at radius 1 is 0.914 bits per heavy atom. The molecule has 3 aromatic rings. The molecule has 0 unspecified atom stereocenters. The highest BCUT2D eigenvalue weighted by Crippen LogP contribution is 2.28. The van der Waals surface area contributed by atoms with E-state index in [1.807, 2.05) is 13.8 Å². The molecule has 0 saturated heterocycles. The minimum Gasteiger partial charge on any atom is -0.324 e. The quantitative estimate of drug-likeness (QED) is 0.460. The van der Waals surface area contributed by atoms with Gasteiger partial charge < -0.3 is 5.32 Å². The number of nitrogens with one attached hydrogen (secondary N) is 2. The van der Waals surface area contributed by atoms with Crippen molar-refractivity contribution in [2.75, 3.05) is 10.0 Å². The average Bonchev–Trinajstić information content (AvgIpc) is 3.08. The summed E-state index contributed by atoms with van der Waals surface area (Å²) < 4.78 is 27.4. The van der Waals surface area contributed by atoms with Crippen LogP contribution in [0.15, 0.2) is 71.9 Å². The highest BCUT2D eigenvalue weighted by molar-refractivity contribution is 7.92. The molecule has 1 aromatic heterocycles. The molecule has 0 spiro atoms. The predicted octanol–water partition coefficient (Wildman–Crippen LogP) is 2.93. The van der Waals surface area contributed by atoms with Gasteiger partial charge in [-0.2, -0.15) is 0 Å². The molecule has 1 atom stereocenters. The molecule has 3 amide bonds. The molecule has 0 aliphatic carbocycles. The highest BCUT2D eigenvalue weighted by Gasteiger charge is 2.42. The second-order valence-corrected chi connectivity index (χ2v) is 10.0. The van der Waals surface area contributed by atoms with Crippen LogP contribution < -0.4 is 10.0 Å². The number of fused-ring (bicyclic) bond motifs is 1. The van der Waals surface area contributed by atoms with Crippen LogP contribution in [0.3, 0.4) is 0 Å². The number of hydrogen-bond donors (Lipinski definition) is 2. The van der Waals surface area contributed by atoms with Gasteiger partial charge >= 0.3 is 0 Å².